The van der Waals surface area contributed by atoms with Gasteiger partial charge in [0.05, 0.1) is 12.8 Å². The molecule has 0 fully saturated rings. The molecule has 1 aromatic heterocycles. The first kappa shape index (κ1) is 11.5. The monoisotopic (exact) mass is 239 g/mol. The van der Waals surface area contributed by atoms with Gasteiger partial charge in [0.1, 0.15) is 5.82 Å². The molecule has 0 spiro atoms. The van der Waals surface area contributed by atoms with Crippen molar-refractivity contribution in [1.29, 1.82) is 0 Å². The zero-order chi connectivity index (χ0) is 12.6. The van der Waals surface area contributed by atoms with Gasteiger partial charge in [0.15, 0.2) is 11.6 Å². The molecule has 0 atom stereocenters. The average molecular weight is 239 g/mol. The number of nitrogens with two attached hydrogens (primary N) is 1. The van der Waals surface area contributed by atoms with Gasteiger partial charge in [-0.15, -0.1) is 0 Å². The molecule has 0 aliphatic carbocycles. The highest BCUT2D eigenvalue weighted by Gasteiger charge is 2.15. The van der Waals surface area contributed by atoms with Crippen LogP contribution in [0, 0.1) is 11.6 Å². The van der Waals surface area contributed by atoms with E-state index in [4.69, 9.17) is 10.8 Å². The second kappa shape index (κ2) is 4.14. The van der Waals surface area contributed by atoms with Crippen molar-refractivity contribution < 1.29 is 13.9 Å². The van der Waals surface area contributed by atoms with E-state index in [0.717, 1.165) is 12.1 Å². The summed E-state index contributed by atoms with van der Waals surface area (Å²) in [4.78, 5) is 0. The minimum atomic E-state index is -1.000. The van der Waals surface area contributed by atoms with E-state index in [1.54, 1.807) is 7.05 Å². The number of hydrogen-bond acceptors (Lipinski definition) is 3. The van der Waals surface area contributed by atoms with Gasteiger partial charge in [-0.25, -0.2) is 8.78 Å². The van der Waals surface area contributed by atoms with Gasteiger partial charge in [0, 0.05) is 12.6 Å². The van der Waals surface area contributed by atoms with Crippen molar-refractivity contribution in [2.45, 2.75) is 6.61 Å². The van der Waals surface area contributed by atoms with Crippen LogP contribution in [0.4, 0.5) is 14.6 Å². The van der Waals surface area contributed by atoms with Gasteiger partial charge in [-0.3, -0.25) is 4.68 Å². The number of hydrogen-bond donors (Lipinski definition) is 2. The number of halogens is 2. The maximum atomic E-state index is 13.2. The van der Waals surface area contributed by atoms with Gasteiger partial charge in [-0.1, -0.05) is 0 Å². The fraction of sp³-hybridized carbons (Fsp3) is 0.182. The highest BCUT2D eigenvalue weighted by atomic mass is 19.2. The molecule has 17 heavy (non-hydrogen) atoms. The number of rotatable bonds is 2. The molecule has 0 saturated carbocycles. The van der Waals surface area contributed by atoms with Crippen LogP contribution in [0.5, 0.6) is 0 Å². The highest BCUT2D eigenvalue weighted by molar-refractivity contribution is 5.76. The third-order valence-corrected chi connectivity index (χ3v) is 2.59. The Hall–Kier alpha value is -1.95. The minimum absolute atomic E-state index is 0.267. The molecule has 90 valence electrons. The maximum Gasteiger partial charge on any atom is 0.159 e. The number of aliphatic hydroxyl groups is 1. The van der Waals surface area contributed by atoms with E-state index in [1.807, 2.05) is 0 Å². The molecule has 0 radical (unpaired) electrons. The lowest BCUT2D eigenvalue weighted by atomic mass is 10.0. The summed E-state index contributed by atoms with van der Waals surface area (Å²) in [6.07, 6.45) is 1.45. The van der Waals surface area contributed by atoms with Crippen molar-refractivity contribution in [2.75, 3.05) is 5.73 Å². The zero-order valence-corrected chi connectivity index (χ0v) is 9.11. The summed E-state index contributed by atoms with van der Waals surface area (Å²) < 4.78 is 27.6. The van der Waals surface area contributed by atoms with Crippen molar-refractivity contribution in [3.05, 3.63) is 35.5 Å². The lowest BCUT2D eigenvalue weighted by Gasteiger charge is -2.07. The Balaban J connectivity index is 2.66. The molecular formula is C11H11F2N3O. The molecule has 4 nitrogen and oxygen atoms in total. The van der Waals surface area contributed by atoms with Crippen molar-refractivity contribution in [2.24, 2.45) is 7.05 Å². The maximum absolute atomic E-state index is 13.2. The molecule has 0 bridgehead atoms. The topological polar surface area (TPSA) is 64.1 Å². The minimum Gasteiger partial charge on any atom is -0.392 e. The summed E-state index contributed by atoms with van der Waals surface area (Å²) >= 11 is 0. The summed E-state index contributed by atoms with van der Waals surface area (Å²) in [6.45, 7) is -0.402. The van der Waals surface area contributed by atoms with Crippen molar-refractivity contribution >= 4 is 5.82 Å². The number of benzene rings is 1. The molecule has 2 aromatic rings. The van der Waals surface area contributed by atoms with E-state index in [9.17, 15) is 8.78 Å². The first-order valence-electron chi connectivity index (χ1n) is 4.91. The Morgan fingerprint density at radius 1 is 1.29 bits per heavy atom. The SMILES string of the molecule is Cn1ncc(-c2cc(F)c(F)cc2CO)c1N. The van der Waals surface area contributed by atoms with Gasteiger partial charge < -0.3 is 10.8 Å². The Bertz CT molecular complexity index is 566. The summed E-state index contributed by atoms with van der Waals surface area (Å²) in [6, 6.07) is 1.96. The number of nitrogen functional groups attached to an aromatic ring is 1. The molecule has 1 aromatic carbocycles. The normalized spacial score (nSPS) is 10.8. The summed E-state index contributed by atoms with van der Waals surface area (Å²) in [5, 5.41) is 13.0. The van der Waals surface area contributed by atoms with Crippen LogP contribution < -0.4 is 5.73 Å². The second-order valence-corrected chi connectivity index (χ2v) is 3.65. The molecule has 2 rings (SSSR count). The van der Waals surface area contributed by atoms with Crippen LogP contribution in [0.2, 0.25) is 0 Å². The van der Waals surface area contributed by atoms with Crippen LogP contribution in [0.25, 0.3) is 11.1 Å². The molecule has 0 saturated heterocycles. The zero-order valence-electron chi connectivity index (χ0n) is 9.11. The lowest BCUT2D eigenvalue weighted by molar-refractivity contribution is 0.281. The number of aliphatic hydroxyl groups excluding tert-OH is 1. The Labute approximate surface area is 96.3 Å². The number of aromatic nitrogens is 2. The lowest BCUT2D eigenvalue weighted by Crippen LogP contribution is -2.00. The Morgan fingerprint density at radius 3 is 2.47 bits per heavy atom. The smallest absolute Gasteiger partial charge is 0.159 e. The van der Waals surface area contributed by atoms with E-state index < -0.39 is 18.2 Å². The molecule has 0 amide bonds. The van der Waals surface area contributed by atoms with E-state index in [0.29, 0.717) is 16.9 Å². The predicted molar refractivity (Wildman–Crippen MR) is 58.9 cm³/mol. The fourth-order valence-corrected chi connectivity index (χ4v) is 1.62. The number of anilines is 1. The van der Waals surface area contributed by atoms with Crippen LogP contribution in [-0.4, -0.2) is 14.9 Å². The van der Waals surface area contributed by atoms with Gasteiger partial charge in [-0.2, -0.15) is 5.10 Å². The highest BCUT2D eigenvalue weighted by Crippen LogP contribution is 2.30. The number of nitrogens with zero attached hydrogens (tertiary/aromatic N) is 2. The molecule has 1 heterocycles. The number of aryl methyl sites for hydroxylation is 1. The van der Waals surface area contributed by atoms with E-state index in [2.05, 4.69) is 5.10 Å². The van der Waals surface area contributed by atoms with Crippen molar-refractivity contribution in [3.8, 4) is 11.1 Å². The van der Waals surface area contributed by atoms with E-state index >= 15 is 0 Å². The van der Waals surface area contributed by atoms with Crippen LogP contribution in [-0.2, 0) is 13.7 Å². The summed E-state index contributed by atoms with van der Waals surface area (Å²) in [5.41, 5.74) is 6.83. The molecule has 0 unspecified atom stereocenters. The third kappa shape index (κ3) is 1.87. The predicted octanol–water partition coefficient (Wildman–Crippen LogP) is 1.44. The van der Waals surface area contributed by atoms with E-state index in [-0.39, 0.29) is 5.56 Å². The summed E-state index contributed by atoms with van der Waals surface area (Å²) in [7, 11) is 1.64. The Kier molecular flexibility index (Phi) is 2.81. The standard InChI is InChI=1S/C11H11F2N3O/c1-16-11(14)8(4-15-16)7-3-10(13)9(12)2-6(7)5-17/h2-4,17H,5,14H2,1H3. The molecule has 0 aliphatic heterocycles. The second-order valence-electron chi connectivity index (χ2n) is 3.65. The van der Waals surface area contributed by atoms with Crippen LogP contribution >= 0.6 is 0 Å². The van der Waals surface area contributed by atoms with Crippen LogP contribution in [0.3, 0.4) is 0 Å². The third-order valence-electron chi connectivity index (χ3n) is 2.59. The first-order valence-corrected chi connectivity index (χ1v) is 4.91. The Morgan fingerprint density at radius 2 is 1.94 bits per heavy atom. The van der Waals surface area contributed by atoms with E-state index in [1.165, 1.54) is 10.9 Å². The van der Waals surface area contributed by atoms with Gasteiger partial charge in [0.25, 0.3) is 0 Å². The largest absolute Gasteiger partial charge is 0.392 e. The van der Waals surface area contributed by atoms with Gasteiger partial charge in [0.2, 0.25) is 0 Å². The first-order chi connectivity index (χ1) is 8.04. The van der Waals surface area contributed by atoms with Gasteiger partial charge in [-0.05, 0) is 23.3 Å². The molecular weight excluding hydrogens is 228 g/mol. The fourth-order valence-electron chi connectivity index (χ4n) is 1.62. The molecule has 0 aliphatic rings. The van der Waals surface area contributed by atoms with Crippen molar-refractivity contribution in [1.82, 2.24) is 9.78 Å². The van der Waals surface area contributed by atoms with Crippen LogP contribution in [0.1, 0.15) is 5.56 Å². The van der Waals surface area contributed by atoms with Gasteiger partial charge >= 0.3 is 0 Å². The quantitative estimate of drug-likeness (QED) is 0.833. The average Bonchev–Trinajstić information content (AvgIpc) is 2.63. The summed E-state index contributed by atoms with van der Waals surface area (Å²) in [5.74, 6) is -1.66. The van der Waals surface area contributed by atoms with Crippen molar-refractivity contribution in [3.63, 3.8) is 0 Å². The molecule has 3 N–H and O–H groups in total. The molecule has 6 heteroatoms. The van der Waals surface area contributed by atoms with Crippen LogP contribution in [0.15, 0.2) is 18.3 Å².